The number of carbonyl (C=O) groups is 2. The lowest BCUT2D eigenvalue weighted by atomic mass is 10.0. The van der Waals surface area contributed by atoms with Crippen molar-refractivity contribution in [3.05, 3.63) is 64.7 Å². The number of ether oxygens (including phenoxy) is 1. The smallest absolute Gasteiger partial charge is 0.327 e. The summed E-state index contributed by atoms with van der Waals surface area (Å²) in [5.41, 5.74) is 1.89. The number of esters is 1. The first-order chi connectivity index (χ1) is 15.6. The molecule has 0 aliphatic carbocycles. The van der Waals surface area contributed by atoms with Crippen LogP contribution in [0.4, 0.5) is 5.69 Å². The van der Waals surface area contributed by atoms with Crippen LogP contribution in [0, 0.1) is 6.92 Å². The minimum Gasteiger partial charge on any atom is -0.468 e. The predicted octanol–water partition coefficient (Wildman–Crippen LogP) is 2.47. The van der Waals surface area contributed by atoms with E-state index < -0.39 is 22.0 Å². The van der Waals surface area contributed by atoms with E-state index in [4.69, 9.17) is 16.3 Å². The molecule has 33 heavy (non-hydrogen) atoms. The van der Waals surface area contributed by atoms with Gasteiger partial charge in [0.25, 0.3) is 0 Å². The number of benzene rings is 2. The molecule has 1 fully saturated rings. The largest absolute Gasteiger partial charge is 0.468 e. The second-order valence-electron chi connectivity index (χ2n) is 7.92. The quantitative estimate of drug-likeness (QED) is 0.551. The van der Waals surface area contributed by atoms with E-state index >= 15 is 0 Å². The number of aryl methyl sites for hydroxylation is 1. The Balaban J connectivity index is 1.73. The van der Waals surface area contributed by atoms with Crippen LogP contribution in [0.15, 0.2) is 48.5 Å². The highest BCUT2D eigenvalue weighted by Gasteiger charge is 2.34. The normalized spacial score (nSPS) is 15.7. The molecule has 1 aliphatic heterocycles. The van der Waals surface area contributed by atoms with E-state index in [1.165, 1.54) is 7.11 Å². The number of anilines is 1. The summed E-state index contributed by atoms with van der Waals surface area (Å²) >= 11 is 6.33. The second kappa shape index (κ2) is 10.5. The van der Waals surface area contributed by atoms with Crippen LogP contribution in [0.5, 0.6) is 0 Å². The fourth-order valence-electron chi connectivity index (χ4n) is 3.96. The molecule has 2 aromatic carbocycles. The highest BCUT2D eigenvalue weighted by Crippen LogP contribution is 2.29. The van der Waals surface area contributed by atoms with E-state index in [1.807, 2.05) is 17.0 Å². The van der Waals surface area contributed by atoms with Gasteiger partial charge in [-0.2, -0.15) is 0 Å². The molecule has 8 nitrogen and oxygen atoms in total. The average molecular weight is 494 g/mol. The summed E-state index contributed by atoms with van der Waals surface area (Å²) in [6.45, 7) is 3.05. The van der Waals surface area contributed by atoms with Gasteiger partial charge >= 0.3 is 5.97 Å². The zero-order valence-corrected chi connectivity index (χ0v) is 20.5. The number of halogens is 1. The van der Waals surface area contributed by atoms with Gasteiger partial charge in [-0.3, -0.25) is 14.0 Å². The minimum absolute atomic E-state index is 0.283. The molecule has 0 aromatic heterocycles. The summed E-state index contributed by atoms with van der Waals surface area (Å²) in [4.78, 5) is 29.1. The third-order valence-electron chi connectivity index (χ3n) is 5.72. The molecule has 1 unspecified atom stereocenters. The maximum Gasteiger partial charge on any atom is 0.327 e. The number of amides is 1. The topological polar surface area (TPSA) is 87.2 Å². The van der Waals surface area contributed by atoms with Crippen molar-refractivity contribution in [1.82, 2.24) is 9.80 Å². The van der Waals surface area contributed by atoms with Crippen molar-refractivity contribution < 1.29 is 22.7 Å². The van der Waals surface area contributed by atoms with Crippen LogP contribution in [0.25, 0.3) is 0 Å². The molecule has 1 atom stereocenters. The van der Waals surface area contributed by atoms with Gasteiger partial charge in [-0.15, -0.1) is 0 Å². The first kappa shape index (κ1) is 25.0. The van der Waals surface area contributed by atoms with Crippen molar-refractivity contribution in [3.8, 4) is 0 Å². The van der Waals surface area contributed by atoms with E-state index in [0.29, 0.717) is 42.5 Å². The summed E-state index contributed by atoms with van der Waals surface area (Å²) in [6, 6.07) is 13.5. The van der Waals surface area contributed by atoms with Gasteiger partial charge in [-0.1, -0.05) is 48.0 Å². The molecule has 2 aromatic rings. The number of methoxy groups -OCH3 is 1. The van der Waals surface area contributed by atoms with E-state index in [9.17, 15) is 18.0 Å². The van der Waals surface area contributed by atoms with Crippen LogP contribution in [0.1, 0.15) is 17.2 Å². The first-order valence-corrected chi connectivity index (χ1v) is 12.7. The summed E-state index contributed by atoms with van der Waals surface area (Å²) < 4.78 is 31.0. The van der Waals surface area contributed by atoms with Gasteiger partial charge in [0, 0.05) is 31.2 Å². The van der Waals surface area contributed by atoms with Crippen molar-refractivity contribution in [2.24, 2.45) is 0 Å². The molecule has 0 bridgehead atoms. The molecule has 1 heterocycles. The Bertz CT molecular complexity index is 1120. The van der Waals surface area contributed by atoms with Gasteiger partial charge in [-0.25, -0.2) is 13.2 Å². The summed E-state index contributed by atoms with van der Waals surface area (Å²) in [6.07, 6.45) is 1.09. The number of nitrogens with zero attached hydrogens (tertiary/aromatic N) is 3. The van der Waals surface area contributed by atoms with Crippen LogP contribution in [-0.2, 0) is 24.3 Å². The molecular formula is C23H28ClN3O5S. The molecule has 1 amide bonds. The zero-order chi connectivity index (χ0) is 24.2. The number of hydrogen-bond donors (Lipinski definition) is 0. The third-order valence-corrected chi connectivity index (χ3v) is 7.19. The predicted molar refractivity (Wildman–Crippen MR) is 128 cm³/mol. The summed E-state index contributed by atoms with van der Waals surface area (Å²) in [7, 11) is -2.32. The highest BCUT2D eigenvalue weighted by atomic mass is 35.5. The first-order valence-electron chi connectivity index (χ1n) is 10.5. The molecule has 0 radical (unpaired) electrons. The molecule has 10 heteroatoms. The standard InChI is InChI=1S/C23H28ClN3O5S/c1-17-8-4-7-11-20(17)27(33(3,30)31)16-21(28)25-12-14-26(15-13-25)22(23(29)32-2)18-9-5-6-10-19(18)24/h4-11,22H,12-16H2,1-3H3. The van der Waals surface area contributed by atoms with Crippen LogP contribution >= 0.6 is 11.6 Å². The van der Waals surface area contributed by atoms with Crippen molar-refractivity contribution >= 4 is 39.2 Å². The van der Waals surface area contributed by atoms with Crippen LogP contribution in [-0.4, -0.2) is 76.2 Å². The van der Waals surface area contributed by atoms with Gasteiger partial charge in [0.15, 0.2) is 0 Å². The molecule has 1 saturated heterocycles. The SMILES string of the molecule is COC(=O)C(c1ccccc1Cl)N1CCN(C(=O)CN(c2ccccc2C)S(C)(=O)=O)CC1. The van der Waals surface area contributed by atoms with Crippen LogP contribution < -0.4 is 4.31 Å². The van der Waals surface area contributed by atoms with Crippen LogP contribution in [0.3, 0.4) is 0 Å². The number of hydrogen-bond acceptors (Lipinski definition) is 6. The molecule has 0 spiro atoms. The summed E-state index contributed by atoms with van der Waals surface area (Å²) in [5, 5.41) is 0.466. The second-order valence-corrected chi connectivity index (χ2v) is 10.2. The Morgan fingerprint density at radius 2 is 1.67 bits per heavy atom. The lowest BCUT2D eigenvalue weighted by Crippen LogP contribution is -2.53. The van der Waals surface area contributed by atoms with Crippen molar-refractivity contribution in [3.63, 3.8) is 0 Å². The Hall–Kier alpha value is -2.62. The van der Waals surface area contributed by atoms with Gasteiger partial charge in [0.1, 0.15) is 12.6 Å². The number of para-hydroxylation sites is 1. The van der Waals surface area contributed by atoms with E-state index in [2.05, 4.69) is 0 Å². The summed E-state index contributed by atoms with van der Waals surface area (Å²) in [5.74, 6) is -0.721. The molecule has 0 saturated carbocycles. The van der Waals surface area contributed by atoms with Gasteiger partial charge < -0.3 is 9.64 Å². The van der Waals surface area contributed by atoms with Gasteiger partial charge in [-0.05, 0) is 30.2 Å². The number of carbonyl (C=O) groups excluding carboxylic acids is 2. The van der Waals surface area contributed by atoms with Crippen molar-refractivity contribution in [1.29, 1.82) is 0 Å². The van der Waals surface area contributed by atoms with Crippen LogP contribution in [0.2, 0.25) is 5.02 Å². The lowest BCUT2D eigenvalue weighted by Gasteiger charge is -2.39. The fourth-order valence-corrected chi connectivity index (χ4v) is 5.10. The molecular weight excluding hydrogens is 466 g/mol. The van der Waals surface area contributed by atoms with Gasteiger partial charge in [0.2, 0.25) is 15.9 Å². The van der Waals surface area contributed by atoms with Gasteiger partial charge in [0.05, 0.1) is 19.1 Å². The Kier molecular flexibility index (Phi) is 7.99. The maximum atomic E-state index is 13.0. The van der Waals surface area contributed by atoms with E-state index in [-0.39, 0.29) is 12.5 Å². The number of piperazine rings is 1. The minimum atomic E-state index is -3.65. The third kappa shape index (κ3) is 5.85. The zero-order valence-electron chi connectivity index (χ0n) is 18.9. The Morgan fingerprint density at radius 1 is 1.06 bits per heavy atom. The highest BCUT2D eigenvalue weighted by molar-refractivity contribution is 7.92. The average Bonchev–Trinajstić information content (AvgIpc) is 2.79. The monoisotopic (exact) mass is 493 g/mol. The fraction of sp³-hybridized carbons (Fsp3) is 0.391. The Morgan fingerprint density at radius 3 is 2.24 bits per heavy atom. The van der Waals surface area contributed by atoms with E-state index in [0.717, 1.165) is 16.1 Å². The number of sulfonamides is 1. The lowest BCUT2D eigenvalue weighted by molar-refractivity contribution is -0.148. The Labute approximate surface area is 199 Å². The van der Waals surface area contributed by atoms with Crippen molar-refractivity contribution in [2.75, 3.05) is 50.4 Å². The molecule has 178 valence electrons. The maximum absolute atomic E-state index is 13.0. The molecule has 0 N–H and O–H groups in total. The molecule has 3 rings (SSSR count). The number of rotatable bonds is 7. The van der Waals surface area contributed by atoms with Crippen molar-refractivity contribution in [2.45, 2.75) is 13.0 Å². The van der Waals surface area contributed by atoms with E-state index in [1.54, 1.807) is 48.2 Å². The molecule has 1 aliphatic rings.